The first kappa shape index (κ1) is 32.5. The van der Waals surface area contributed by atoms with Gasteiger partial charge in [0.25, 0.3) is 10.0 Å². The smallest absolute Gasteiger partial charge is 0.264 e. The highest BCUT2D eigenvalue weighted by atomic mass is 32.2. The molecule has 3 rings (SSSR count). The van der Waals surface area contributed by atoms with E-state index in [2.05, 4.69) is 5.32 Å². The molecule has 3 aromatic rings. The van der Waals surface area contributed by atoms with Crippen LogP contribution in [0.1, 0.15) is 43.4 Å². The maximum absolute atomic E-state index is 14.2. The Morgan fingerprint density at radius 1 is 0.881 bits per heavy atom. The lowest BCUT2D eigenvalue weighted by Crippen LogP contribution is -2.52. The van der Waals surface area contributed by atoms with Crippen LogP contribution in [0.4, 0.5) is 5.69 Å². The van der Waals surface area contributed by atoms with Gasteiger partial charge in [0.1, 0.15) is 24.1 Å². The van der Waals surface area contributed by atoms with Gasteiger partial charge in [-0.1, -0.05) is 49.7 Å². The quantitative estimate of drug-likeness (QED) is 0.286. The van der Waals surface area contributed by atoms with Gasteiger partial charge in [0.2, 0.25) is 11.8 Å². The molecule has 9 nitrogen and oxygen atoms in total. The summed E-state index contributed by atoms with van der Waals surface area (Å²) in [6, 6.07) is 18.0. The van der Waals surface area contributed by atoms with Gasteiger partial charge in [0.15, 0.2) is 0 Å². The summed E-state index contributed by atoms with van der Waals surface area (Å²) in [6.45, 7) is 7.51. The zero-order valence-electron chi connectivity index (χ0n) is 25.2. The molecule has 0 fully saturated rings. The predicted molar refractivity (Wildman–Crippen MR) is 164 cm³/mol. The monoisotopic (exact) mass is 595 g/mol. The summed E-state index contributed by atoms with van der Waals surface area (Å²) in [5.41, 5.74) is 2.70. The zero-order valence-corrected chi connectivity index (χ0v) is 26.0. The summed E-state index contributed by atoms with van der Waals surface area (Å²) in [6.07, 6.45) is 1.08. The van der Waals surface area contributed by atoms with E-state index in [-0.39, 0.29) is 23.0 Å². The maximum Gasteiger partial charge on any atom is 0.264 e. The molecule has 0 aliphatic heterocycles. The molecule has 0 aliphatic rings. The van der Waals surface area contributed by atoms with Crippen molar-refractivity contribution in [2.24, 2.45) is 0 Å². The van der Waals surface area contributed by atoms with Crippen LogP contribution in [0.5, 0.6) is 11.5 Å². The van der Waals surface area contributed by atoms with Gasteiger partial charge in [-0.05, 0) is 74.2 Å². The third kappa shape index (κ3) is 7.82. The van der Waals surface area contributed by atoms with Gasteiger partial charge in [0.05, 0.1) is 24.8 Å². The van der Waals surface area contributed by atoms with E-state index in [1.165, 1.54) is 24.1 Å². The summed E-state index contributed by atoms with van der Waals surface area (Å²) >= 11 is 0. The van der Waals surface area contributed by atoms with Crippen LogP contribution in [0, 0.1) is 13.8 Å². The molecule has 1 unspecified atom stereocenters. The van der Waals surface area contributed by atoms with Crippen LogP contribution < -0.4 is 19.1 Å². The largest absolute Gasteiger partial charge is 0.497 e. The minimum absolute atomic E-state index is 0.0406. The number of carbonyl (C=O) groups is 2. The number of sulfonamides is 1. The van der Waals surface area contributed by atoms with Crippen molar-refractivity contribution >= 4 is 27.5 Å². The van der Waals surface area contributed by atoms with Gasteiger partial charge < -0.3 is 19.7 Å². The van der Waals surface area contributed by atoms with Crippen molar-refractivity contribution < 1.29 is 27.5 Å². The van der Waals surface area contributed by atoms with Crippen molar-refractivity contribution in [1.82, 2.24) is 10.2 Å². The summed E-state index contributed by atoms with van der Waals surface area (Å²) in [5, 5.41) is 2.89. The molecule has 42 heavy (non-hydrogen) atoms. The van der Waals surface area contributed by atoms with Gasteiger partial charge in [-0.2, -0.15) is 0 Å². The van der Waals surface area contributed by atoms with Crippen molar-refractivity contribution in [3.8, 4) is 11.5 Å². The number of rotatable bonds is 14. The van der Waals surface area contributed by atoms with Gasteiger partial charge in [-0.15, -0.1) is 0 Å². The van der Waals surface area contributed by atoms with Gasteiger partial charge in [-0.3, -0.25) is 13.9 Å². The number of aryl methyl sites for hydroxylation is 2. The summed E-state index contributed by atoms with van der Waals surface area (Å²) in [5.74, 6) is 0.149. The highest BCUT2D eigenvalue weighted by molar-refractivity contribution is 7.92. The fraction of sp³-hybridized carbons (Fsp3) is 0.375. The number of amides is 2. The molecule has 0 saturated carbocycles. The topological polar surface area (TPSA) is 105 Å². The second-order valence-corrected chi connectivity index (χ2v) is 11.9. The molecular formula is C32H41N3O6S. The summed E-state index contributed by atoms with van der Waals surface area (Å²) < 4.78 is 40.1. The Balaban J connectivity index is 2.11. The Morgan fingerprint density at radius 2 is 1.52 bits per heavy atom. The lowest BCUT2D eigenvalue weighted by Gasteiger charge is -2.33. The minimum Gasteiger partial charge on any atom is -0.497 e. The molecule has 0 saturated heterocycles. The van der Waals surface area contributed by atoms with Crippen LogP contribution in [0.25, 0.3) is 0 Å². The molecule has 0 radical (unpaired) electrons. The molecule has 0 aromatic heterocycles. The molecule has 0 spiro atoms. The van der Waals surface area contributed by atoms with E-state index in [1.807, 2.05) is 45.9 Å². The first-order chi connectivity index (χ1) is 20.0. The molecule has 1 N–H and O–H groups in total. The molecule has 0 heterocycles. The van der Waals surface area contributed by atoms with Gasteiger partial charge in [-0.25, -0.2) is 8.42 Å². The standard InChI is InChI=1S/C32H41N3O6S/c1-7-19-33-32(37)28(8-2)34(21-25-12-14-26(40-5)15-13-25)31(36)22-35(29-20-24(4)11-18-30(29)41-6)42(38,39)27-16-9-23(3)10-17-27/h9-18,20,28H,7-8,19,21-22H2,1-6H3,(H,33,37). The van der Waals surface area contributed by atoms with Crippen LogP contribution in [0.2, 0.25) is 0 Å². The number of benzene rings is 3. The maximum atomic E-state index is 14.2. The molecule has 3 aromatic carbocycles. The molecule has 0 aliphatic carbocycles. The number of nitrogens with one attached hydrogen (secondary N) is 1. The zero-order chi connectivity index (χ0) is 30.9. The Morgan fingerprint density at radius 3 is 2.10 bits per heavy atom. The van der Waals surface area contributed by atoms with Gasteiger partial charge >= 0.3 is 0 Å². The van der Waals surface area contributed by atoms with E-state index < -0.39 is 28.5 Å². The van der Waals surface area contributed by atoms with Crippen molar-refractivity contribution in [3.05, 3.63) is 83.4 Å². The Bertz CT molecular complexity index is 1460. The lowest BCUT2D eigenvalue weighted by atomic mass is 10.1. The van der Waals surface area contributed by atoms with E-state index in [0.29, 0.717) is 24.5 Å². The van der Waals surface area contributed by atoms with Crippen molar-refractivity contribution in [2.75, 3.05) is 31.6 Å². The van der Waals surface area contributed by atoms with Crippen LogP contribution >= 0.6 is 0 Å². The molecule has 0 bridgehead atoms. The number of carbonyl (C=O) groups excluding carboxylic acids is 2. The summed E-state index contributed by atoms with van der Waals surface area (Å²) in [7, 11) is -1.19. The first-order valence-electron chi connectivity index (χ1n) is 14.0. The number of anilines is 1. The third-order valence-corrected chi connectivity index (χ3v) is 8.71. The SMILES string of the molecule is CCCNC(=O)C(CC)N(Cc1ccc(OC)cc1)C(=O)CN(c1cc(C)ccc1OC)S(=O)(=O)c1ccc(C)cc1. The predicted octanol–water partition coefficient (Wildman–Crippen LogP) is 4.85. The molecule has 1 atom stereocenters. The average molecular weight is 596 g/mol. The van der Waals surface area contributed by atoms with Crippen molar-refractivity contribution in [2.45, 2.75) is 58.0 Å². The molecule has 226 valence electrons. The van der Waals surface area contributed by atoms with Crippen molar-refractivity contribution in [1.29, 1.82) is 0 Å². The normalized spacial score (nSPS) is 11.9. The Labute approximate surface area is 249 Å². The van der Waals surface area contributed by atoms with E-state index in [4.69, 9.17) is 9.47 Å². The van der Waals surface area contributed by atoms with Crippen LogP contribution in [-0.2, 0) is 26.2 Å². The number of hydrogen-bond donors (Lipinski definition) is 1. The fourth-order valence-corrected chi connectivity index (χ4v) is 5.98. The second kappa shape index (κ2) is 14.7. The van der Waals surface area contributed by atoms with Crippen LogP contribution in [-0.4, -0.2) is 58.5 Å². The van der Waals surface area contributed by atoms with Crippen LogP contribution in [0.3, 0.4) is 0 Å². The average Bonchev–Trinajstić information content (AvgIpc) is 2.99. The fourth-order valence-electron chi connectivity index (χ4n) is 4.56. The van der Waals surface area contributed by atoms with E-state index in [1.54, 1.807) is 43.5 Å². The van der Waals surface area contributed by atoms with Crippen LogP contribution in [0.15, 0.2) is 71.6 Å². The highest BCUT2D eigenvalue weighted by Gasteiger charge is 2.34. The minimum atomic E-state index is -4.21. The molecule has 2 amide bonds. The van der Waals surface area contributed by atoms with E-state index in [9.17, 15) is 18.0 Å². The highest BCUT2D eigenvalue weighted by Crippen LogP contribution is 2.34. The first-order valence-corrected chi connectivity index (χ1v) is 15.4. The van der Waals surface area contributed by atoms with Gasteiger partial charge in [0, 0.05) is 13.1 Å². The third-order valence-electron chi connectivity index (χ3n) is 6.94. The second-order valence-electron chi connectivity index (χ2n) is 10.1. The van der Waals surface area contributed by atoms with E-state index >= 15 is 0 Å². The molecular weight excluding hydrogens is 554 g/mol. The number of nitrogens with zero attached hydrogens (tertiary/aromatic N) is 2. The van der Waals surface area contributed by atoms with Crippen molar-refractivity contribution in [3.63, 3.8) is 0 Å². The Hall–Kier alpha value is -4.05. The summed E-state index contributed by atoms with van der Waals surface area (Å²) in [4.78, 5) is 29.0. The number of methoxy groups -OCH3 is 2. The lowest BCUT2D eigenvalue weighted by molar-refractivity contribution is -0.140. The number of hydrogen-bond acceptors (Lipinski definition) is 6. The number of ether oxygens (including phenoxy) is 2. The molecule has 10 heteroatoms. The Kier molecular flexibility index (Phi) is 11.4. The van der Waals surface area contributed by atoms with E-state index in [0.717, 1.165) is 27.4 Å².